The van der Waals surface area contributed by atoms with E-state index in [1.165, 1.54) is 0 Å². The number of anilines is 1. The number of carboxylic acid groups (broad SMARTS) is 1. The van der Waals surface area contributed by atoms with Crippen LogP contribution in [-0.2, 0) is 6.18 Å². The van der Waals surface area contributed by atoms with E-state index in [4.69, 9.17) is 10.8 Å². The second kappa shape index (κ2) is 2.68. The zero-order valence-corrected chi connectivity index (χ0v) is 6.05. The first kappa shape index (κ1) is 9.43. The van der Waals surface area contributed by atoms with Crippen molar-refractivity contribution in [2.45, 2.75) is 6.18 Å². The Kier molecular flexibility index (Phi) is 1.94. The zero-order valence-electron chi connectivity index (χ0n) is 6.05. The predicted molar refractivity (Wildman–Crippen MR) is 35.1 cm³/mol. The number of hydrogen-bond donors (Lipinski definition) is 2. The van der Waals surface area contributed by atoms with Gasteiger partial charge in [-0.05, 0) is 0 Å². The first-order chi connectivity index (χ1) is 5.84. The Bertz CT molecular complexity index is 341. The highest BCUT2D eigenvalue weighted by Crippen LogP contribution is 2.35. The lowest BCUT2D eigenvalue weighted by Crippen LogP contribution is -2.11. The molecule has 3 N–H and O–H groups in total. The van der Waals surface area contributed by atoms with E-state index in [1.54, 1.807) is 0 Å². The molecular weight excluding hydrogens is 191 g/mol. The average molecular weight is 195 g/mol. The maximum atomic E-state index is 12.0. The summed E-state index contributed by atoms with van der Waals surface area (Å²) < 4.78 is 40.3. The molecule has 0 atom stereocenters. The summed E-state index contributed by atoms with van der Waals surface area (Å²) in [6.07, 6.45) is -4.49. The summed E-state index contributed by atoms with van der Waals surface area (Å²) in [7, 11) is 0. The summed E-state index contributed by atoms with van der Waals surface area (Å²) in [6, 6.07) is 0. The summed E-state index contributed by atoms with van der Waals surface area (Å²) in [5.41, 5.74) is 2.47. The lowest BCUT2D eigenvalue weighted by atomic mass is 10.2. The Balaban J connectivity index is 3.31. The molecule has 0 aliphatic carbocycles. The molecule has 0 unspecified atom stereocenters. The van der Waals surface area contributed by atoms with Gasteiger partial charge in [0.15, 0.2) is 0 Å². The summed E-state index contributed by atoms with van der Waals surface area (Å²) in [4.78, 5) is 10.3. The fourth-order valence-electron chi connectivity index (χ4n) is 0.802. The summed E-state index contributed by atoms with van der Waals surface area (Å²) in [6.45, 7) is 0. The van der Waals surface area contributed by atoms with Gasteiger partial charge in [-0.1, -0.05) is 0 Å². The van der Waals surface area contributed by atoms with Gasteiger partial charge < -0.3 is 15.3 Å². The minimum absolute atomic E-state index is 0.277. The topological polar surface area (TPSA) is 76.5 Å². The summed E-state index contributed by atoms with van der Waals surface area (Å²) >= 11 is 0. The minimum Gasteiger partial charge on any atom is -0.477 e. The fourth-order valence-corrected chi connectivity index (χ4v) is 0.802. The van der Waals surface area contributed by atoms with Crippen LogP contribution in [0.4, 0.5) is 19.1 Å². The van der Waals surface area contributed by atoms with Crippen molar-refractivity contribution in [2.75, 3.05) is 5.73 Å². The van der Waals surface area contributed by atoms with Crippen LogP contribution in [0.1, 0.15) is 15.9 Å². The molecule has 0 radical (unpaired) electrons. The molecule has 0 saturated carbocycles. The van der Waals surface area contributed by atoms with Gasteiger partial charge in [0.05, 0.1) is 0 Å². The molecule has 13 heavy (non-hydrogen) atoms. The first-order valence-electron chi connectivity index (χ1n) is 3.01. The van der Waals surface area contributed by atoms with Crippen LogP contribution in [0, 0.1) is 0 Å². The number of hydrogen-bond acceptors (Lipinski definition) is 3. The van der Waals surface area contributed by atoms with Crippen molar-refractivity contribution in [2.24, 2.45) is 0 Å². The van der Waals surface area contributed by atoms with Crippen molar-refractivity contribution < 1.29 is 27.5 Å². The highest BCUT2D eigenvalue weighted by molar-refractivity contribution is 5.94. The van der Waals surface area contributed by atoms with Gasteiger partial charge in [-0.25, -0.2) is 4.79 Å². The van der Waals surface area contributed by atoms with Crippen LogP contribution < -0.4 is 5.73 Å². The smallest absolute Gasteiger partial charge is 0.420 e. The number of nitrogens with two attached hydrogens (primary N) is 1. The second-order valence-electron chi connectivity index (χ2n) is 2.19. The molecule has 0 fully saturated rings. The zero-order chi connectivity index (χ0) is 10.2. The van der Waals surface area contributed by atoms with Crippen LogP contribution in [0.2, 0.25) is 0 Å². The van der Waals surface area contributed by atoms with Gasteiger partial charge in [-0.15, -0.1) is 0 Å². The SMILES string of the molecule is Nc1occ(C(F)(F)F)c1C(=O)O. The standard InChI is InChI=1S/C6H4F3NO3/c7-6(8,9)2-1-13-4(10)3(2)5(11)12/h1H,10H2,(H,11,12). The number of rotatable bonds is 1. The van der Waals surface area contributed by atoms with E-state index in [-0.39, 0.29) is 6.26 Å². The molecule has 1 aromatic heterocycles. The largest absolute Gasteiger partial charge is 0.477 e. The third kappa shape index (κ3) is 1.58. The molecule has 0 saturated heterocycles. The van der Waals surface area contributed by atoms with E-state index >= 15 is 0 Å². The third-order valence-electron chi connectivity index (χ3n) is 1.34. The van der Waals surface area contributed by atoms with Crippen LogP contribution in [0.15, 0.2) is 10.7 Å². The number of halogens is 3. The van der Waals surface area contributed by atoms with E-state index in [9.17, 15) is 18.0 Å². The van der Waals surface area contributed by atoms with Crippen LogP contribution in [0.3, 0.4) is 0 Å². The van der Waals surface area contributed by atoms with Crippen molar-refractivity contribution in [3.05, 3.63) is 17.4 Å². The summed E-state index contributed by atoms with van der Waals surface area (Å²) in [5.74, 6) is -2.52. The molecule has 0 amide bonds. The molecule has 4 nitrogen and oxygen atoms in total. The van der Waals surface area contributed by atoms with Gasteiger partial charge in [-0.3, -0.25) is 0 Å². The van der Waals surface area contributed by atoms with E-state index < -0.39 is 29.2 Å². The second-order valence-corrected chi connectivity index (χ2v) is 2.19. The van der Waals surface area contributed by atoms with Crippen LogP contribution in [0.25, 0.3) is 0 Å². The number of aromatic carboxylic acids is 1. The monoisotopic (exact) mass is 195 g/mol. The van der Waals surface area contributed by atoms with Gasteiger partial charge in [0.1, 0.15) is 17.4 Å². The number of nitrogen functional groups attached to an aromatic ring is 1. The van der Waals surface area contributed by atoms with Crippen molar-refractivity contribution in [3.63, 3.8) is 0 Å². The molecule has 0 aliphatic heterocycles. The summed E-state index contributed by atoms with van der Waals surface area (Å²) in [5, 5.41) is 8.36. The van der Waals surface area contributed by atoms with Crippen molar-refractivity contribution >= 4 is 11.9 Å². The van der Waals surface area contributed by atoms with Crippen LogP contribution in [0.5, 0.6) is 0 Å². The Morgan fingerprint density at radius 3 is 2.38 bits per heavy atom. The predicted octanol–water partition coefficient (Wildman–Crippen LogP) is 1.58. The molecule has 1 aromatic rings. The van der Waals surface area contributed by atoms with E-state index in [1.807, 2.05) is 0 Å². The number of carbonyl (C=O) groups is 1. The molecule has 1 heterocycles. The van der Waals surface area contributed by atoms with Crippen LogP contribution in [-0.4, -0.2) is 11.1 Å². The molecule has 1 rings (SSSR count). The maximum Gasteiger partial charge on any atom is 0.420 e. The quantitative estimate of drug-likeness (QED) is 0.713. The molecular formula is C6H4F3NO3. The fraction of sp³-hybridized carbons (Fsp3) is 0.167. The van der Waals surface area contributed by atoms with Gasteiger partial charge in [0.2, 0.25) is 5.88 Å². The molecule has 0 spiro atoms. The highest BCUT2D eigenvalue weighted by Gasteiger charge is 2.39. The van der Waals surface area contributed by atoms with Gasteiger partial charge >= 0.3 is 12.1 Å². The molecule has 72 valence electrons. The third-order valence-corrected chi connectivity index (χ3v) is 1.34. The Morgan fingerprint density at radius 1 is 1.54 bits per heavy atom. The average Bonchev–Trinajstić information content (AvgIpc) is 2.28. The van der Waals surface area contributed by atoms with E-state index in [0.29, 0.717) is 0 Å². The van der Waals surface area contributed by atoms with Gasteiger partial charge in [-0.2, -0.15) is 13.2 Å². The van der Waals surface area contributed by atoms with E-state index in [2.05, 4.69) is 4.42 Å². The van der Waals surface area contributed by atoms with Crippen molar-refractivity contribution in [1.29, 1.82) is 0 Å². The van der Waals surface area contributed by atoms with Gasteiger partial charge in [0.25, 0.3) is 0 Å². The molecule has 0 aliphatic rings. The number of carboxylic acids is 1. The Labute approximate surface area is 69.7 Å². The molecule has 0 bridgehead atoms. The van der Waals surface area contributed by atoms with Crippen molar-refractivity contribution in [1.82, 2.24) is 0 Å². The highest BCUT2D eigenvalue weighted by atomic mass is 19.4. The lowest BCUT2D eigenvalue weighted by molar-refractivity contribution is -0.138. The molecule has 0 aromatic carbocycles. The van der Waals surface area contributed by atoms with Crippen LogP contribution >= 0.6 is 0 Å². The first-order valence-corrected chi connectivity index (χ1v) is 3.01. The lowest BCUT2D eigenvalue weighted by Gasteiger charge is -2.03. The normalized spacial score (nSPS) is 11.6. The maximum absolute atomic E-state index is 12.0. The van der Waals surface area contributed by atoms with Crippen molar-refractivity contribution in [3.8, 4) is 0 Å². The Hall–Kier alpha value is -1.66. The van der Waals surface area contributed by atoms with Gasteiger partial charge in [0, 0.05) is 0 Å². The van der Waals surface area contributed by atoms with E-state index in [0.717, 1.165) is 0 Å². The molecule has 7 heteroatoms. The minimum atomic E-state index is -4.77. The number of furan rings is 1. The Morgan fingerprint density at radius 2 is 2.08 bits per heavy atom. The number of alkyl halides is 3.